The molecule has 1 heterocycles. The molecule has 1 atom stereocenters. The molecule has 3 N–H and O–H groups in total. The van der Waals surface area contributed by atoms with E-state index in [1.54, 1.807) is 12.4 Å². The van der Waals surface area contributed by atoms with Gasteiger partial charge in [-0.25, -0.2) is 18.1 Å². The summed E-state index contributed by atoms with van der Waals surface area (Å²) in [5, 5.41) is -0.564. The second-order valence-electron chi connectivity index (χ2n) is 3.27. The van der Waals surface area contributed by atoms with E-state index in [2.05, 4.69) is 9.71 Å². The van der Waals surface area contributed by atoms with Gasteiger partial charge in [0.05, 0.1) is 16.5 Å². The van der Waals surface area contributed by atoms with Crippen LogP contribution in [-0.4, -0.2) is 25.2 Å². The van der Waals surface area contributed by atoms with Crippen LogP contribution in [0.5, 0.6) is 0 Å². The van der Waals surface area contributed by atoms with E-state index in [0.29, 0.717) is 6.54 Å². The Balaban J connectivity index is 2.62. The number of rotatable bonds is 5. The van der Waals surface area contributed by atoms with E-state index in [-0.39, 0.29) is 6.54 Å². The lowest BCUT2D eigenvalue weighted by atomic mass is 10.4. The fourth-order valence-corrected chi connectivity index (χ4v) is 2.62. The smallest absolute Gasteiger partial charge is 0.215 e. The summed E-state index contributed by atoms with van der Waals surface area (Å²) in [6.45, 7) is 3.86. The first kappa shape index (κ1) is 12.6. The number of aromatic nitrogens is 1. The number of hydrogen-bond acceptors (Lipinski definition) is 5. The molecule has 86 valence electrons. The van der Waals surface area contributed by atoms with Crippen molar-refractivity contribution in [1.82, 2.24) is 9.71 Å². The average Bonchev–Trinajstić information content (AvgIpc) is 2.60. The predicted molar refractivity (Wildman–Crippen MR) is 61.1 cm³/mol. The molecule has 0 saturated carbocycles. The number of nitrogens with one attached hydrogen (secondary N) is 1. The van der Waals surface area contributed by atoms with Gasteiger partial charge in [-0.05, 0) is 13.8 Å². The van der Waals surface area contributed by atoms with Crippen LogP contribution in [0.2, 0.25) is 0 Å². The topological polar surface area (TPSA) is 85.1 Å². The highest BCUT2D eigenvalue weighted by Gasteiger charge is 2.18. The fraction of sp³-hybridized carbons (Fsp3) is 0.625. The number of aryl methyl sites for hydroxylation is 1. The highest BCUT2D eigenvalue weighted by atomic mass is 32.2. The minimum absolute atomic E-state index is 0.122. The maximum Gasteiger partial charge on any atom is 0.215 e. The van der Waals surface area contributed by atoms with Crippen LogP contribution in [0.1, 0.15) is 17.5 Å². The molecule has 0 aliphatic heterocycles. The second kappa shape index (κ2) is 5.02. The molecular weight excluding hydrogens is 234 g/mol. The van der Waals surface area contributed by atoms with Crippen molar-refractivity contribution in [1.29, 1.82) is 0 Å². The Morgan fingerprint density at radius 1 is 1.67 bits per heavy atom. The molecule has 1 aromatic rings. The molecule has 0 aromatic carbocycles. The summed E-state index contributed by atoms with van der Waals surface area (Å²) in [5.74, 6) is 0. The summed E-state index contributed by atoms with van der Waals surface area (Å²) >= 11 is 1.44. The van der Waals surface area contributed by atoms with Crippen LogP contribution in [0.15, 0.2) is 5.51 Å². The van der Waals surface area contributed by atoms with Crippen molar-refractivity contribution in [3.05, 3.63) is 16.1 Å². The third-order valence-corrected chi connectivity index (χ3v) is 4.87. The highest BCUT2D eigenvalue weighted by molar-refractivity contribution is 7.90. The van der Waals surface area contributed by atoms with E-state index in [4.69, 9.17) is 5.73 Å². The highest BCUT2D eigenvalue weighted by Crippen LogP contribution is 2.12. The van der Waals surface area contributed by atoms with Gasteiger partial charge in [0.1, 0.15) is 0 Å². The fourth-order valence-electron chi connectivity index (χ4n) is 0.931. The monoisotopic (exact) mass is 249 g/mol. The minimum Gasteiger partial charge on any atom is -0.329 e. The van der Waals surface area contributed by atoms with Gasteiger partial charge in [0.25, 0.3) is 0 Å². The molecule has 0 saturated heterocycles. The first-order chi connectivity index (χ1) is 6.97. The minimum atomic E-state index is -3.30. The van der Waals surface area contributed by atoms with Gasteiger partial charge in [0.2, 0.25) is 10.0 Å². The van der Waals surface area contributed by atoms with Gasteiger partial charge in [-0.2, -0.15) is 0 Å². The van der Waals surface area contributed by atoms with Gasteiger partial charge in [-0.15, -0.1) is 11.3 Å². The van der Waals surface area contributed by atoms with Gasteiger partial charge in [0, 0.05) is 18.0 Å². The molecule has 5 nitrogen and oxygen atoms in total. The quantitative estimate of drug-likeness (QED) is 0.781. The molecule has 0 bridgehead atoms. The Bertz CT molecular complexity index is 413. The van der Waals surface area contributed by atoms with Crippen molar-refractivity contribution < 1.29 is 8.42 Å². The van der Waals surface area contributed by atoms with E-state index in [9.17, 15) is 8.42 Å². The van der Waals surface area contributed by atoms with Crippen molar-refractivity contribution in [3.8, 4) is 0 Å². The predicted octanol–water partition coefficient (Wildman–Crippen LogP) is 0.218. The summed E-state index contributed by atoms with van der Waals surface area (Å²) < 4.78 is 25.6. The van der Waals surface area contributed by atoms with Gasteiger partial charge >= 0.3 is 0 Å². The first-order valence-electron chi connectivity index (χ1n) is 4.55. The van der Waals surface area contributed by atoms with Gasteiger partial charge in [-0.3, -0.25) is 0 Å². The summed E-state index contributed by atoms with van der Waals surface area (Å²) in [6, 6.07) is 0. The van der Waals surface area contributed by atoms with Crippen LogP contribution in [0.25, 0.3) is 0 Å². The molecule has 15 heavy (non-hydrogen) atoms. The Hall–Kier alpha value is -0.500. The zero-order chi connectivity index (χ0) is 11.5. The lowest BCUT2D eigenvalue weighted by Crippen LogP contribution is -2.36. The SMILES string of the molecule is Cc1ncsc1CNS(=O)(=O)C(C)CN. The Morgan fingerprint density at radius 3 is 2.80 bits per heavy atom. The van der Waals surface area contributed by atoms with Crippen LogP contribution in [0.4, 0.5) is 0 Å². The third kappa shape index (κ3) is 3.23. The van der Waals surface area contributed by atoms with E-state index in [1.807, 2.05) is 6.92 Å². The second-order valence-corrected chi connectivity index (χ2v) is 6.40. The molecule has 0 amide bonds. The molecule has 0 radical (unpaired) electrons. The zero-order valence-electron chi connectivity index (χ0n) is 8.73. The number of sulfonamides is 1. The van der Waals surface area contributed by atoms with Crippen LogP contribution in [0, 0.1) is 6.92 Å². The van der Waals surface area contributed by atoms with E-state index in [0.717, 1.165) is 10.6 Å². The number of hydrogen-bond donors (Lipinski definition) is 2. The molecule has 1 aromatic heterocycles. The van der Waals surface area contributed by atoms with Crippen LogP contribution in [0.3, 0.4) is 0 Å². The molecule has 0 fully saturated rings. The van der Waals surface area contributed by atoms with E-state index < -0.39 is 15.3 Å². The first-order valence-corrected chi connectivity index (χ1v) is 6.97. The molecular formula is C8H15N3O2S2. The molecule has 1 unspecified atom stereocenters. The van der Waals surface area contributed by atoms with Crippen LogP contribution < -0.4 is 10.5 Å². The van der Waals surface area contributed by atoms with Crippen molar-refractivity contribution in [2.24, 2.45) is 5.73 Å². The zero-order valence-corrected chi connectivity index (χ0v) is 10.4. The maximum absolute atomic E-state index is 11.6. The largest absolute Gasteiger partial charge is 0.329 e. The Labute approximate surface area is 93.8 Å². The van der Waals surface area contributed by atoms with Crippen LogP contribution in [-0.2, 0) is 16.6 Å². The summed E-state index contributed by atoms with van der Waals surface area (Å²) in [6.07, 6.45) is 0. The van der Waals surface area contributed by atoms with E-state index >= 15 is 0 Å². The van der Waals surface area contributed by atoms with Gasteiger partial charge in [-0.1, -0.05) is 0 Å². The number of nitrogens with zero attached hydrogens (tertiary/aromatic N) is 1. The molecule has 0 spiro atoms. The van der Waals surface area contributed by atoms with Crippen molar-refractivity contribution in [2.75, 3.05) is 6.54 Å². The van der Waals surface area contributed by atoms with Crippen molar-refractivity contribution in [2.45, 2.75) is 25.6 Å². The molecule has 0 aliphatic carbocycles. The molecule has 0 aliphatic rings. The third-order valence-electron chi connectivity index (χ3n) is 2.14. The maximum atomic E-state index is 11.6. The van der Waals surface area contributed by atoms with Crippen molar-refractivity contribution >= 4 is 21.4 Å². The standard InChI is InChI=1S/C8H15N3O2S2/c1-6(3-9)15(12,13)11-4-8-7(2)10-5-14-8/h5-6,11H,3-4,9H2,1-2H3. The summed E-state index contributed by atoms with van der Waals surface area (Å²) in [7, 11) is -3.30. The van der Waals surface area contributed by atoms with Gasteiger partial charge < -0.3 is 5.73 Å². The average molecular weight is 249 g/mol. The van der Waals surface area contributed by atoms with Gasteiger partial charge in [0.15, 0.2) is 0 Å². The lowest BCUT2D eigenvalue weighted by molar-refractivity contribution is 0.569. The lowest BCUT2D eigenvalue weighted by Gasteiger charge is -2.11. The molecule has 7 heteroatoms. The summed E-state index contributed by atoms with van der Waals surface area (Å²) in [5.41, 5.74) is 7.87. The Morgan fingerprint density at radius 2 is 2.33 bits per heavy atom. The summed E-state index contributed by atoms with van der Waals surface area (Å²) in [4.78, 5) is 4.97. The number of nitrogens with two attached hydrogens (primary N) is 1. The van der Waals surface area contributed by atoms with E-state index in [1.165, 1.54) is 11.3 Å². The Kier molecular flexibility index (Phi) is 4.21. The normalized spacial score (nSPS) is 14.1. The van der Waals surface area contributed by atoms with Crippen molar-refractivity contribution in [3.63, 3.8) is 0 Å². The van der Waals surface area contributed by atoms with Crippen LogP contribution >= 0.6 is 11.3 Å². The molecule has 1 rings (SSSR count). The number of thiazole rings is 1.